The average molecular weight is 214 g/mol. The molecule has 0 saturated heterocycles. The standard InChI is InChI=1S/C13H30N2/c1-10(2)11(3)15(7)9-8-12(14)13(4,5)6/h10-12H,8-9,14H2,1-7H3. The van der Waals surface area contributed by atoms with Crippen molar-refractivity contribution in [1.82, 2.24) is 4.90 Å². The quantitative estimate of drug-likeness (QED) is 0.762. The van der Waals surface area contributed by atoms with Gasteiger partial charge in [0.1, 0.15) is 0 Å². The van der Waals surface area contributed by atoms with Crippen molar-refractivity contribution < 1.29 is 0 Å². The van der Waals surface area contributed by atoms with Crippen LogP contribution in [0.3, 0.4) is 0 Å². The van der Waals surface area contributed by atoms with Gasteiger partial charge >= 0.3 is 0 Å². The van der Waals surface area contributed by atoms with Crippen molar-refractivity contribution in [3.8, 4) is 0 Å². The summed E-state index contributed by atoms with van der Waals surface area (Å²) in [6.07, 6.45) is 1.08. The highest BCUT2D eigenvalue weighted by atomic mass is 15.1. The van der Waals surface area contributed by atoms with Crippen molar-refractivity contribution in [1.29, 1.82) is 0 Å². The van der Waals surface area contributed by atoms with Crippen molar-refractivity contribution in [2.24, 2.45) is 17.1 Å². The van der Waals surface area contributed by atoms with Gasteiger partial charge in [-0.3, -0.25) is 0 Å². The molecule has 0 spiro atoms. The van der Waals surface area contributed by atoms with E-state index in [4.69, 9.17) is 5.73 Å². The Bertz CT molecular complexity index is 170. The average Bonchev–Trinajstić information content (AvgIpc) is 2.10. The Morgan fingerprint density at radius 1 is 1.13 bits per heavy atom. The van der Waals surface area contributed by atoms with E-state index in [-0.39, 0.29) is 5.41 Å². The van der Waals surface area contributed by atoms with Crippen LogP contribution in [-0.2, 0) is 0 Å². The summed E-state index contributed by atoms with van der Waals surface area (Å²) < 4.78 is 0. The van der Waals surface area contributed by atoms with Crippen LogP contribution in [0.15, 0.2) is 0 Å². The van der Waals surface area contributed by atoms with Gasteiger partial charge in [-0.15, -0.1) is 0 Å². The third-order valence-corrected chi connectivity index (χ3v) is 3.57. The van der Waals surface area contributed by atoms with Crippen LogP contribution in [0.1, 0.15) is 48.0 Å². The number of hydrogen-bond donors (Lipinski definition) is 1. The Balaban J connectivity index is 3.96. The monoisotopic (exact) mass is 214 g/mol. The van der Waals surface area contributed by atoms with Crippen molar-refractivity contribution >= 4 is 0 Å². The fraction of sp³-hybridized carbons (Fsp3) is 1.00. The van der Waals surface area contributed by atoms with E-state index in [0.29, 0.717) is 18.0 Å². The molecule has 0 amide bonds. The highest BCUT2D eigenvalue weighted by Gasteiger charge is 2.21. The molecular formula is C13H30N2. The van der Waals surface area contributed by atoms with Gasteiger partial charge in [0.15, 0.2) is 0 Å². The SMILES string of the molecule is CC(C)C(C)N(C)CCC(N)C(C)(C)C. The summed E-state index contributed by atoms with van der Waals surface area (Å²) in [5.41, 5.74) is 6.37. The van der Waals surface area contributed by atoms with Gasteiger partial charge in [-0.1, -0.05) is 34.6 Å². The minimum absolute atomic E-state index is 0.224. The summed E-state index contributed by atoms with van der Waals surface area (Å²) in [6, 6.07) is 0.927. The fourth-order valence-electron chi connectivity index (χ4n) is 1.49. The smallest absolute Gasteiger partial charge is 0.00998 e. The molecule has 0 aliphatic carbocycles. The molecule has 2 atom stereocenters. The lowest BCUT2D eigenvalue weighted by Gasteiger charge is -2.32. The predicted molar refractivity (Wildman–Crippen MR) is 69.0 cm³/mol. The van der Waals surface area contributed by atoms with Crippen molar-refractivity contribution in [3.63, 3.8) is 0 Å². The van der Waals surface area contributed by atoms with Gasteiger partial charge in [-0.2, -0.15) is 0 Å². The largest absolute Gasteiger partial charge is 0.327 e. The molecule has 15 heavy (non-hydrogen) atoms. The van der Waals surface area contributed by atoms with Gasteiger partial charge in [0.2, 0.25) is 0 Å². The van der Waals surface area contributed by atoms with Crippen LogP contribution in [0.4, 0.5) is 0 Å². The van der Waals surface area contributed by atoms with Gasteiger partial charge < -0.3 is 10.6 Å². The maximum absolute atomic E-state index is 6.15. The molecule has 2 nitrogen and oxygen atoms in total. The minimum atomic E-state index is 0.224. The van der Waals surface area contributed by atoms with E-state index < -0.39 is 0 Å². The Morgan fingerprint density at radius 2 is 1.60 bits per heavy atom. The Morgan fingerprint density at radius 3 is 1.93 bits per heavy atom. The minimum Gasteiger partial charge on any atom is -0.327 e. The van der Waals surface area contributed by atoms with Crippen LogP contribution in [-0.4, -0.2) is 30.6 Å². The zero-order valence-corrected chi connectivity index (χ0v) is 11.7. The second kappa shape index (κ2) is 5.86. The lowest BCUT2D eigenvalue weighted by atomic mass is 9.85. The predicted octanol–water partition coefficient (Wildman–Crippen LogP) is 2.73. The van der Waals surface area contributed by atoms with Crippen LogP contribution in [0.5, 0.6) is 0 Å². The van der Waals surface area contributed by atoms with Crippen LogP contribution >= 0.6 is 0 Å². The summed E-state index contributed by atoms with van der Waals surface area (Å²) in [6.45, 7) is 14.6. The molecule has 0 radical (unpaired) electrons. The molecule has 0 saturated carbocycles. The van der Waals surface area contributed by atoms with Gasteiger partial charge in [-0.25, -0.2) is 0 Å². The Labute approximate surface area is 96.2 Å². The highest BCUT2D eigenvalue weighted by Crippen LogP contribution is 2.20. The van der Waals surface area contributed by atoms with E-state index in [1.807, 2.05) is 0 Å². The molecule has 0 bridgehead atoms. The molecule has 0 heterocycles. The Hall–Kier alpha value is -0.0800. The molecule has 0 aromatic heterocycles. The molecule has 2 N–H and O–H groups in total. The summed E-state index contributed by atoms with van der Waals surface area (Å²) in [5, 5.41) is 0. The zero-order chi connectivity index (χ0) is 12.2. The van der Waals surface area contributed by atoms with E-state index in [1.165, 1.54) is 0 Å². The first-order valence-corrected chi connectivity index (χ1v) is 6.12. The number of rotatable bonds is 5. The third kappa shape index (κ3) is 5.53. The number of hydrogen-bond acceptors (Lipinski definition) is 2. The molecule has 92 valence electrons. The highest BCUT2D eigenvalue weighted by molar-refractivity contribution is 4.78. The first kappa shape index (κ1) is 14.9. The fourth-order valence-corrected chi connectivity index (χ4v) is 1.49. The van der Waals surface area contributed by atoms with Crippen LogP contribution < -0.4 is 5.73 Å². The lowest BCUT2D eigenvalue weighted by Crippen LogP contribution is -2.41. The molecule has 2 unspecified atom stereocenters. The molecule has 0 fully saturated rings. The van der Waals surface area contributed by atoms with Gasteiger partial charge in [-0.05, 0) is 38.3 Å². The second-order valence-corrected chi connectivity index (χ2v) is 6.23. The molecular weight excluding hydrogens is 184 g/mol. The van der Waals surface area contributed by atoms with Crippen LogP contribution in [0, 0.1) is 11.3 Å². The van der Waals surface area contributed by atoms with E-state index >= 15 is 0 Å². The second-order valence-electron chi connectivity index (χ2n) is 6.23. The third-order valence-electron chi connectivity index (χ3n) is 3.57. The van der Waals surface area contributed by atoms with Crippen molar-refractivity contribution in [3.05, 3.63) is 0 Å². The van der Waals surface area contributed by atoms with Gasteiger partial charge in [0, 0.05) is 12.1 Å². The molecule has 0 aliphatic heterocycles. The zero-order valence-electron chi connectivity index (χ0n) is 11.7. The van der Waals surface area contributed by atoms with Crippen molar-refractivity contribution in [2.75, 3.05) is 13.6 Å². The normalized spacial score (nSPS) is 17.2. The first-order valence-electron chi connectivity index (χ1n) is 6.12. The van der Waals surface area contributed by atoms with Crippen LogP contribution in [0.25, 0.3) is 0 Å². The van der Waals surface area contributed by atoms with Gasteiger partial charge in [0.05, 0.1) is 0 Å². The molecule has 0 aliphatic rings. The van der Waals surface area contributed by atoms with Crippen molar-refractivity contribution in [2.45, 2.75) is 60.0 Å². The van der Waals surface area contributed by atoms with E-state index in [1.54, 1.807) is 0 Å². The van der Waals surface area contributed by atoms with E-state index in [9.17, 15) is 0 Å². The van der Waals surface area contributed by atoms with Gasteiger partial charge in [0.25, 0.3) is 0 Å². The topological polar surface area (TPSA) is 29.3 Å². The molecule has 0 aromatic carbocycles. The first-order chi connectivity index (χ1) is 6.66. The van der Waals surface area contributed by atoms with E-state index in [2.05, 4.69) is 53.5 Å². The summed E-state index contributed by atoms with van der Waals surface area (Å²) >= 11 is 0. The maximum Gasteiger partial charge on any atom is 0.00998 e. The summed E-state index contributed by atoms with van der Waals surface area (Å²) in [4.78, 5) is 2.41. The molecule has 2 heteroatoms. The molecule has 0 aromatic rings. The summed E-state index contributed by atoms with van der Waals surface area (Å²) in [5.74, 6) is 0.709. The van der Waals surface area contributed by atoms with E-state index in [0.717, 1.165) is 13.0 Å². The number of nitrogens with two attached hydrogens (primary N) is 1. The maximum atomic E-state index is 6.15. The summed E-state index contributed by atoms with van der Waals surface area (Å²) in [7, 11) is 2.19. The Kier molecular flexibility index (Phi) is 5.82. The van der Waals surface area contributed by atoms with Crippen LogP contribution in [0.2, 0.25) is 0 Å². The molecule has 0 rings (SSSR count). The number of nitrogens with zero attached hydrogens (tertiary/aromatic N) is 1. The lowest BCUT2D eigenvalue weighted by molar-refractivity contribution is 0.185.